The number of amides is 2. The number of carbonyl (C=O) groups is 1. The Morgan fingerprint density at radius 3 is 2.23 bits per heavy atom. The van der Waals surface area contributed by atoms with Gasteiger partial charge in [0.1, 0.15) is 0 Å². The van der Waals surface area contributed by atoms with Crippen molar-refractivity contribution < 1.29 is 4.79 Å². The Hall–Kier alpha value is -2.55. The molecule has 3 heteroatoms. The average molecular weight is 294 g/mol. The Morgan fingerprint density at radius 2 is 1.64 bits per heavy atom. The van der Waals surface area contributed by atoms with Gasteiger partial charge in [-0.3, -0.25) is 4.90 Å². The van der Waals surface area contributed by atoms with Crippen molar-refractivity contribution in [3.63, 3.8) is 0 Å². The van der Waals surface area contributed by atoms with E-state index in [4.69, 9.17) is 0 Å². The molecule has 2 aromatic carbocycles. The van der Waals surface area contributed by atoms with Crippen LogP contribution in [0.5, 0.6) is 0 Å². The number of allylic oxidation sites excluding steroid dienone is 1. The quantitative estimate of drug-likeness (QED) is 0.860. The molecule has 0 spiro atoms. The largest absolute Gasteiger partial charge is 0.326 e. The number of carbonyl (C=O) groups excluding carboxylic acids is 1. The van der Waals surface area contributed by atoms with Gasteiger partial charge in [-0.2, -0.15) is 0 Å². The number of benzene rings is 2. The number of urea groups is 1. The predicted octanol–water partition coefficient (Wildman–Crippen LogP) is 4.57. The maximum atomic E-state index is 12.5. The molecule has 0 radical (unpaired) electrons. The third kappa shape index (κ3) is 4.77. The fraction of sp³-hybridized carbons (Fsp3) is 0.211. The van der Waals surface area contributed by atoms with E-state index in [2.05, 4.69) is 19.2 Å². The summed E-state index contributed by atoms with van der Waals surface area (Å²) in [6.45, 7) is 4.68. The number of rotatable bonds is 5. The Balaban J connectivity index is 2.16. The molecular formula is C19H22N2O. The fourth-order valence-corrected chi connectivity index (χ4v) is 2.04. The van der Waals surface area contributed by atoms with Gasteiger partial charge in [-0.25, -0.2) is 4.79 Å². The lowest BCUT2D eigenvalue weighted by Crippen LogP contribution is -2.37. The average Bonchev–Trinajstić information content (AvgIpc) is 2.54. The second-order valence-corrected chi connectivity index (χ2v) is 5.46. The van der Waals surface area contributed by atoms with Gasteiger partial charge in [0.05, 0.1) is 6.54 Å². The molecule has 0 aliphatic carbocycles. The molecule has 22 heavy (non-hydrogen) atoms. The second kappa shape index (κ2) is 8.03. The molecule has 0 fully saturated rings. The van der Waals surface area contributed by atoms with Crippen molar-refractivity contribution >= 4 is 11.7 Å². The van der Waals surface area contributed by atoms with E-state index in [1.807, 2.05) is 66.7 Å². The highest BCUT2D eigenvalue weighted by Gasteiger charge is 2.14. The maximum absolute atomic E-state index is 12.5. The van der Waals surface area contributed by atoms with Crippen molar-refractivity contribution in [3.8, 4) is 0 Å². The van der Waals surface area contributed by atoms with E-state index in [1.54, 1.807) is 11.1 Å². The molecule has 0 heterocycles. The number of hydrogen-bond acceptors (Lipinski definition) is 1. The number of anilines is 1. The topological polar surface area (TPSA) is 32.3 Å². The minimum absolute atomic E-state index is 0.132. The predicted molar refractivity (Wildman–Crippen MR) is 91.6 cm³/mol. The van der Waals surface area contributed by atoms with Crippen LogP contribution in [0, 0.1) is 5.92 Å². The third-order valence-corrected chi connectivity index (χ3v) is 3.18. The van der Waals surface area contributed by atoms with Crippen LogP contribution in [0.1, 0.15) is 19.4 Å². The number of nitrogens with zero attached hydrogens (tertiary/aromatic N) is 1. The Bertz CT molecular complexity index is 606. The van der Waals surface area contributed by atoms with Crippen LogP contribution >= 0.6 is 0 Å². The molecule has 0 atom stereocenters. The summed E-state index contributed by atoms with van der Waals surface area (Å²) in [7, 11) is 0. The highest BCUT2D eigenvalue weighted by atomic mass is 16.2. The van der Waals surface area contributed by atoms with Crippen LogP contribution in [-0.4, -0.2) is 6.03 Å². The molecule has 2 rings (SSSR count). The van der Waals surface area contributed by atoms with E-state index in [0.717, 1.165) is 11.3 Å². The molecule has 0 saturated carbocycles. The SMILES string of the molecule is CC(C)/C=C/NC(=O)N(Cc1ccccc1)c1ccccc1. The van der Waals surface area contributed by atoms with Crippen molar-refractivity contribution in [1.82, 2.24) is 5.32 Å². The lowest BCUT2D eigenvalue weighted by atomic mass is 10.2. The van der Waals surface area contributed by atoms with Crippen LogP contribution in [0.2, 0.25) is 0 Å². The summed E-state index contributed by atoms with van der Waals surface area (Å²) in [4.78, 5) is 14.2. The summed E-state index contributed by atoms with van der Waals surface area (Å²) in [5.74, 6) is 0.402. The minimum Gasteiger partial charge on any atom is -0.315 e. The summed E-state index contributed by atoms with van der Waals surface area (Å²) in [6.07, 6.45) is 3.68. The molecule has 0 bridgehead atoms. The molecule has 114 valence electrons. The van der Waals surface area contributed by atoms with Gasteiger partial charge in [-0.1, -0.05) is 68.5 Å². The number of nitrogens with one attached hydrogen (secondary N) is 1. The summed E-state index contributed by atoms with van der Waals surface area (Å²) >= 11 is 0. The van der Waals surface area contributed by atoms with Gasteiger partial charge in [-0.15, -0.1) is 0 Å². The summed E-state index contributed by atoms with van der Waals surface area (Å²) < 4.78 is 0. The lowest BCUT2D eigenvalue weighted by molar-refractivity contribution is 0.249. The zero-order valence-corrected chi connectivity index (χ0v) is 13.1. The second-order valence-electron chi connectivity index (χ2n) is 5.46. The van der Waals surface area contributed by atoms with Gasteiger partial charge in [0, 0.05) is 11.9 Å². The third-order valence-electron chi connectivity index (χ3n) is 3.18. The van der Waals surface area contributed by atoms with E-state index >= 15 is 0 Å². The molecule has 2 aromatic rings. The Kier molecular flexibility index (Phi) is 5.78. The smallest absolute Gasteiger partial charge is 0.315 e. The molecule has 0 aliphatic heterocycles. The molecule has 0 saturated heterocycles. The highest BCUT2D eigenvalue weighted by molar-refractivity contribution is 5.92. The number of hydrogen-bond donors (Lipinski definition) is 1. The first kappa shape index (κ1) is 15.8. The molecule has 2 amide bonds. The van der Waals surface area contributed by atoms with Gasteiger partial charge in [0.2, 0.25) is 0 Å². The van der Waals surface area contributed by atoms with E-state index < -0.39 is 0 Å². The van der Waals surface area contributed by atoms with Crippen LogP contribution in [0.4, 0.5) is 10.5 Å². The molecule has 0 aromatic heterocycles. The maximum Gasteiger partial charge on any atom is 0.326 e. The van der Waals surface area contributed by atoms with Gasteiger partial charge >= 0.3 is 6.03 Å². The van der Waals surface area contributed by atoms with Crippen LogP contribution < -0.4 is 10.2 Å². The zero-order valence-electron chi connectivity index (χ0n) is 13.1. The Labute approximate surface area is 132 Å². The van der Waals surface area contributed by atoms with Crippen LogP contribution in [0.3, 0.4) is 0 Å². The Morgan fingerprint density at radius 1 is 1.05 bits per heavy atom. The monoisotopic (exact) mass is 294 g/mol. The van der Waals surface area contributed by atoms with E-state index in [9.17, 15) is 4.79 Å². The zero-order chi connectivity index (χ0) is 15.8. The van der Waals surface area contributed by atoms with Crippen LogP contribution in [0.25, 0.3) is 0 Å². The minimum atomic E-state index is -0.132. The van der Waals surface area contributed by atoms with Gasteiger partial charge in [0.15, 0.2) is 0 Å². The van der Waals surface area contributed by atoms with Crippen LogP contribution in [0.15, 0.2) is 72.9 Å². The van der Waals surface area contributed by atoms with Gasteiger partial charge in [-0.05, 0) is 23.6 Å². The van der Waals surface area contributed by atoms with Crippen molar-refractivity contribution in [1.29, 1.82) is 0 Å². The van der Waals surface area contributed by atoms with Crippen molar-refractivity contribution in [3.05, 3.63) is 78.5 Å². The summed E-state index contributed by atoms with van der Waals surface area (Å²) in [5.41, 5.74) is 1.97. The van der Waals surface area contributed by atoms with Gasteiger partial charge in [0.25, 0.3) is 0 Å². The first-order valence-corrected chi connectivity index (χ1v) is 7.50. The van der Waals surface area contributed by atoms with Crippen molar-refractivity contribution in [2.24, 2.45) is 5.92 Å². The lowest BCUT2D eigenvalue weighted by Gasteiger charge is -2.22. The summed E-state index contributed by atoms with van der Waals surface area (Å²) in [5, 5.41) is 2.84. The first-order chi connectivity index (χ1) is 10.7. The fourth-order valence-electron chi connectivity index (χ4n) is 2.04. The van der Waals surface area contributed by atoms with Crippen LogP contribution in [-0.2, 0) is 6.54 Å². The summed E-state index contributed by atoms with van der Waals surface area (Å²) in [6, 6.07) is 19.5. The molecule has 0 unspecified atom stereocenters. The highest BCUT2D eigenvalue weighted by Crippen LogP contribution is 2.17. The molecular weight excluding hydrogens is 272 g/mol. The normalized spacial score (nSPS) is 10.9. The van der Waals surface area contributed by atoms with E-state index in [-0.39, 0.29) is 6.03 Å². The molecule has 1 N–H and O–H groups in total. The standard InChI is InChI=1S/C19H22N2O/c1-16(2)13-14-20-19(22)21(18-11-7-4-8-12-18)15-17-9-5-3-6-10-17/h3-14,16H,15H2,1-2H3,(H,20,22)/b14-13+. The van der Waals surface area contributed by atoms with Crippen molar-refractivity contribution in [2.75, 3.05) is 4.90 Å². The van der Waals surface area contributed by atoms with Gasteiger partial charge < -0.3 is 5.32 Å². The van der Waals surface area contributed by atoms with E-state index in [1.165, 1.54) is 0 Å². The number of para-hydroxylation sites is 1. The first-order valence-electron chi connectivity index (χ1n) is 7.50. The molecule has 0 aliphatic rings. The molecule has 3 nitrogen and oxygen atoms in total. The van der Waals surface area contributed by atoms with E-state index in [0.29, 0.717) is 12.5 Å². The van der Waals surface area contributed by atoms with Crippen molar-refractivity contribution in [2.45, 2.75) is 20.4 Å².